The molecular weight excluding hydrogens is 244 g/mol. The average molecular weight is 274 g/mol. The molecule has 0 heterocycles. The zero-order valence-electron chi connectivity index (χ0n) is 12.9. The Morgan fingerprint density at radius 3 is 2.06 bits per heavy atom. The molecule has 0 bridgehead atoms. The van der Waals surface area contributed by atoms with Crippen molar-refractivity contribution in [3.8, 4) is 0 Å². The fourth-order valence-corrected chi connectivity index (χ4v) is 2.60. The number of hydrogen-bond donors (Lipinski definition) is 2. The highest BCUT2D eigenvalue weighted by Crippen LogP contribution is 2.29. The molecule has 0 saturated heterocycles. The van der Waals surface area contributed by atoms with Crippen molar-refractivity contribution in [2.24, 2.45) is 0 Å². The van der Waals surface area contributed by atoms with Gasteiger partial charge in [-0.25, -0.2) is 0 Å². The molecule has 0 aromatic rings. The summed E-state index contributed by atoms with van der Waals surface area (Å²) in [6.45, 7) is 11.9. The van der Waals surface area contributed by atoms with Crippen molar-refractivity contribution in [3.63, 3.8) is 0 Å². The summed E-state index contributed by atoms with van der Waals surface area (Å²) in [4.78, 5) is 11.8. The Labute approximate surface area is 117 Å². The Morgan fingerprint density at radius 1 is 1.11 bits per heavy atom. The Kier molecular flexibility index (Phi) is 7.95. The van der Waals surface area contributed by atoms with Gasteiger partial charge >= 0.3 is 0 Å². The number of carbonyl (C=O) groups is 1. The maximum absolute atomic E-state index is 11.8. The van der Waals surface area contributed by atoms with Crippen LogP contribution in [0, 0.1) is 0 Å². The maximum atomic E-state index is 11.8. The molecular formula is C14H30N2OS. The molecule has 0 atom stereocenters. The number of carbonyl (C=O) groups excluding carboxylic acids is 1. The summed E-state index contributed by atoms with van der Waals surface area (Å²) in [5, 5.41) is 6.33. The monoisotopic (exact) mass is 274 g/mol. The van der Waals surface area contributed by atoms with Gasteiger partial charge in [-0.2, -0.15) is 11.8 Å². The van der Waals surface area contributed by atoms with E-state index in [0.717, 1.165) is 25.8 Å². The second kappa shape index (κ2) is 8.05. The summed E-state index contributed by atoms with van der Waals surface area (Å²) in [5.74, 6) is 0.0871. The van der Waals surface area contributed by atoms with Gasteiger partial charge in [0.1, 0.15) is 0 Å². The van der Waals surface area contributed by atoms with E-state index in [0.29, 0.717) is 6.54 Å². The van der Waals surface area contributed by atoms with Gasteiger partial charge in [-0.3, -0.25) is 4.79 Å². The fourth-order valence-electron chi connectivity index (χ4n) is 1.77. The maximum Gasteiger partial charge on any atom is 0.234 e. The van der Waals surface area contributed by atoms with Gasteiger partial charge in [-0.15, -0.1) is 0 Å². The lowest BCUT2D eigenvalue weighted by Crippen LogP contribution is -2.48. The smallest absolute Gasteiger partial charge is 0.234 e. The minimum absolute atomic E-state index is 0.0871. The Balaban J connectivity index is 4.08. The van der Waals surface area contributed by atoms with E-state index in [4.69, 9.17) is 0 Å². The van der Waals surface area contributed by atoms with E-state index >= 15 is 0 Å². The van der Waals surface area contributed by atoms with Crippen LogP contribution in [-0.4, -0.2) is 35.5 Å². The fraction of sp³-hybridized carbons (Fsp3) is 0.929. The number of nitrogens with one attached hydrogen (secondary N) is 2. The lowest BCUT2D eigenvalue weighted by atomic mass is 10.0. The van der Waals surface area contributed by atoms with E-state index in [1.54, 1.807) is 0 Å². The number of thioether (sulfide) groups is 1. The summed E-state index contributed by atoms with van der Waals surface area (Å²) in [6, 6.07) is 0. The summed E-state index contributed by atoms with van der Waals surface area (Å²) in [6.07, 6.45) is 5.34. The van der Waals surface area contributed by atoms with Gasteiger partial charge in [0, 0.05) is 16.8 Å². The lowest BCUT2D eigenvalue weighted by Gasteiger charge is -2.30. The van der Waals surface area contributed by atoms with Crippen molar-refractivity contribution in [2.45, 2.75) is 64.2 Å². The first-order valence-electron chi connectivity index (χ1n) is 6.91. The minimum Gasteiger partial charge on any atom is -0.350 e. The third-order valence-electron chi connectivity index (χ3n) is 3.82. The first-order chi connectivity index (χ1) is 8.34. The summed E-state index contributed by atoms with van der Waals surface area (Å²) < 4.78 is 0.264. The number of rotatable bonds is 9. The van der Waals surface area contributed by atoms with Crippen LogP contribution in [0.3, 0.4) is 0 Å². The topological polar surface area (TPSA) is 41.1 Å². The minimum atomic E-state index is -0.106. The Morgan fingerprint density at radius 2 is 1.67 bits per heavy atom. The highest BCUT2D eigenvalue weighted by atomic mass is 32.2. The van der Waals surface area contributed by atoms with Gasteiger partial charge < -0.3 is 10.6 Å². The third-order valence-corrected chi connectivity index (χ3v) is 5.40. The van der Waals surface area contributed by atoms with Gasteiger partial charge in [-0.1, -0.05) is 20.8 Å². The molecule has 0 unspecified atom stereocenters. The van der Waals surface area contributed by atoms with Crippen molar-refractivity contribution in [3.05, 3.63) is 0 Å². The van der Waals surface area contributed by atoms with Crippen molar-refractivity contribution in [1.82, 2.24) is 10.6 Å². The largest absolute Gasteiger partial charge is 0.350 e. The summed E-state index contributed by atoms with van der Waals surface area (Å²) >= 11 is 1.89. The van der Waals surface area contributed by atoms with Gasteiger partial charge in [0.05, 0.1) is 6.54 Å². The van der Waals surface area contributed by atoms with E-state index in [-0.39, 0.29) is 16.2 Å². The highest BCUT2D eigenvalue weighted by molar-refractivity contribution is 8.00. The van der Waals surface area contributed by atoms with Crippen LogP contribution in [-0.2, 0) is 4.79 Å². The van der Waals surface area contributed by atoms with Crippen LogP contribution < -0.4 is 10.6 Å². The molecule has 0 aliphatic heterocycles. The van der Waals surface area contributed by atoms with Crippen molar-refractivity contribution in [1.29, 1.82) is 0 Å². The average Bonchev–Trinajstić information content (AvgIpc) is 2.35. The predicted molar refractivity (Wildman–Crippen MR) is 82.2 cm³/mol. The molecule has 1 amide bonds. The number of amides is 1. The molecule has 0 rings (SSSR count). The standard InChI is InChI=1S/C14H30N2OS/c1-7-13(4,5)16-12(17)10-15-11-14(8-2,9-3)18-6/h15H,7-11H2,1-6H3,(H,16,17). The normalized spacial score (nSPS) is 12.6. The highest BCUT2D eigenvalue weighted by Gasteiger charge is 2.25. The van der Waals surface area contributed by atoms with Crippen molar-refractivity contribution < 1.29 is 4.79 Å². The Bertz CT molecular complexity index is 242. The molecule has 0 radical (unpaired) electrons. The van der Waals surface area contributed by atoms with E-state index in [9.17, 15) is 4.79 Å². The van der Waals surface area contributed by atoms with Gasteiger partial charge in [-0.05, 0) is 39.4 Å². The van der Waals surface area contributed by atoms with Crippen LogP contribution in [0.5, 0.6) is 0 Å². The molecule has 3 nitrogen and oxygen atoms in total. The van der Waals surface area contributed by atoms with Crippen LogP contribution in [0.4, 0.5) is 0 Å². The molecule has 4 heteroatoms. The summed E-state index contributed by atoms with van der Waals surface area (Å²) in [5.41, 5.74) is -0.106. The molecule has 0 aliphatic carbocycles. The molecule has 2 N–H and O–H groups in total. The third kappa shape index (κ3) is 6.10. The van der Waals surface area contributed by atoms with Crippen LogP contribution in [0.1, 0.15) is 53.9 Å². The zero-order valence-corrected chi connectivity index (χ0v) is 13.7. The zero-order chi connectivity index (χ0) is 14.2. The molecule has 0 aliphatic rings. The SMILES string of the molecule is CCC(C)(C)NC(=O)CNCC(CC)(CC)SC. The first kappa shape index (κ1) is 17.8. The van der Waals surface area contributed by atoms with E-state index in [1.807, 2.05) is 11.8 Å². The molecule has 0 saturated carbocycles. The molecule has 0 fully saturated rings. The summed E-state index contributed by atoms with van der Waals surface area (Å²) in [7, 11) is 0. The van der Waals surface area contributed by atoms with Crippen LogP contribution >= 0.6 is 11.8 Å². The van der Waals surface area contributed by atoms with Crippen LogP contribution in [0.2, 0.25) is 0 Å². The van der Waals surface area contributed by atoms with Gasteiger partial charge in [0.25, 0.3) is 0 Å². The van der Waals surface area contributed by atoms with Crippen molar-refractivity contribution in [2.75, 3.05) is 19.3 Å². The van der Waals surface area contributed by atoms with E-state index < -0.39 is 0 Å². The predicted octanol–water partition coefficient (Wildman–Crippen LogP) is 2.80. The second-order valence-corrected chi connectivity index (χ2v) is 6.76. The van der Waals surface area contributed by atoms with Crippen LogP contribution in [0.15, 0.2) is 0 Å². The molecule has 0 spiro atoms. The van der Waals surface area contributed by atoms with E-state index in [2.05, 4.69) is 51.5 Å². The molecule has 108 valence electrons. The Hall–Kier alpha value is -0.220. The van der Waals surface area contributed by atoms with E-state index in [1.165, 1.54) is 0 Å². The van der Waals surface area contributed by atoms with Gasteiger partial charge in [0.2, 0.25) is 5.91 Å². The molecule has 18 heavy (non-hydrogen) atoms. The van der Waals surface area contributed by atoms with Crippen LogP contribution in [0.25, 0.3) is 0 Å². The van der Waals surface area contributed by atoms with Gasteiger partial charge in [0.15, 0.2) is 0 Å². The first-order valence-corrected chi connectivity index (χ1v) is 8.14. The quantitative estimate of drug-likeness (QED) is 0.679. The van der Waals surface area contributed by atoms with Crippen molar-refractivity contribution >= 4 is 17.7 Å². The molecule has 0 aromatic heterocycles. The number of hydrogen-bond acceptors (Lipinski definition) is 3. The lowest BCUT2D eigenvalue weighted by molar-refractivity contribution is -0.121. The second-order valence-electron chi connectivity index (χ2n) is 5.48. The molecule has 0 aromatic carbocycles.